The van der Waals surface area contributed by atoms with Crippen molar-refractivity contribution in [1.82, 2.24) is 0 Å². The van der Waals surface area contributed by atoms with Crippen molar-refractivity contribution in [3.63, 3.8) is 0 Å². The monoisotopic (exact) mass is 326 g/mol. The normalized spacial score (nSPS) is 15.8. The second kappa shape index (κ2) is 6.70. The van der Waals surface area contributed by atoms with Crippen LogP contribution >= 0.6 is 0 Å². The number of hydrogen-bond donors (Lipinski definition) is 0. The Balaban J connectivity index is 1.86. The summed E-state index contributed by atoms with van der Waals surface area (Å²) in [5, 5.41) is 0. The number of methoxy groups -OCH3 is 1. The lowest BCUT2D eigenvalue weighted by molar-refractivity contribution is 0.184. The van der Waals surface area contributed by atoms with Crippen molar-refractivity contribution in [2.45, 2.75) is 19.4 Å². The van der Waals surface area contributed by atoms with E-state index in [2.05, 4.69) is 85.8 Å². The van der Waals surface area contributed by atoms with Crippen molar-refractivity contribution in [1.29, 1.82) is 0 Å². The van der Waals surface area contributed by atoms with E-state index in [0.29, 0.717) is 12.5 Å². The highest BCUT2D eigenvalue weighted by atomic mass is 16.5. The van der Waals surface area contributed by atoms with Crippen LogP contribution in [0.1, 0.15) is 35.1 Å². The van der Waals surface area contributed by atoms with Gasteiger partial charge in [-0.25, -0.2) is 0 Å². The minimum absolute atomic E-state index is 0.310. The number of benzene rings is 3. The third-order valence-corrected chi connectivity index (χ3v) is 5.03. The summed E-state index contributed by atoms with van der Waals surface area (Å²) in [6.07, 6.45) is 2.35. The Kier molecular flexibility index (Phi) is 4.25. The third-order valence-electron chi connectivity index (χ3n) is 5.03. The highest BCUT2D eigenvalue weighted by Gasteiger charge is 2.27. The molecule has 1 aliphatic rings. The smallest absolute Gasteiger partial charge is 0.0716 e. The molecule has 3 aromatic rings. The predicted molar refractivity (Wildman–Crippen MR) is 105 cm³/mol. The molecule has 0 aromatic heterocycles. The Morgan fingerprint density at radius 2 is 1.52 bits per heavy atom. The Morgan fingerprint density at radius 1 is 0.800 bits per heavy atom. The molecule has 1 nitrogen and oxygen atoms in total. The zero-order valence-corrected chi connectivity index (χ0v) is 14.7. The molecule has 25 heavy (non-hydrogen) atoms. The molecule has 4 rings (SSSR count). The van der Waals surface area contributed by atoms with Crippen LogP contribution < -0.4 is 0 Å². The van der Waals surface area contributed by atoms with E-state index in [4.69, 9.17) is 4.74 Å². The number of allylic oxidation sites excluding steroid dienone is 1. The second-order valence-electron chi connectivity index (χ2n) is 6.63. The van der Waals surface area contributed by atoms with E-state index in [1.54, 1.807) is 7.11 Å². The van der Waals surface area contributed by atoms with Crippen molar-refractivity contribution in [3.8, 4) is 11.1 Å². The Labute approximate surface area is 149 Å². The highest BCUT2D eigenvalue weighted by molar-refractivity contribution is 5.82. The van der Waals surface area contributed by atoms with Gasteiger partial charge in [-0.05, 0) is 40.3 Å². The van der Waals surface area contributed by atoms with E-state index < -0.39 is 0 Å². The molecule has 0 saturated carbocycles. The van der Waals surface area contributed by atoms with Crippen molar-refractivity contribution in [2.24, 2.45) is 0 Å². The molecular formula is C24H22O. The molecular weight excluding hydrogens is 304 g/mol. The predicted octanol–water partition coefficient (Wildman–Crippen LogP) is 6.05. The standard InChI is InChI=1S/C24H22O/c1-17-15-23-20(18-9-4-3-5-10-18)13-8-14-22(23)24(17)21-12-7-6-11-19(21)16-25-2/h3-15,24H,16H2,1-2H3. The SMILES string of the molecule is COCc1ccccc1C1C(C)=Cc2c(-c3ccccc3)cccc21. The first kappa shape index (κ1) is 15.9. The van der Waals surface area contributed by atoms with Crippen LogP contribution in [-0.4, -0.2) is 7.11 Å². The van der Waals surface area contributed by atoms with Crippen LogP contribution in [0.2, 0.25) is 0 Å². The van der Waals surface area contributed by atoms with Gasteiger partial charge in [0.25, 0.3) is 0 Å². The molecule has 1 atom stereocenters. The van der Waals surface area contributed by atoms with E-state index in [9.17, 15) is 0 Å². The molecule has 0 fully saturated rings. The summed E-state index contributed by atoms with van der Waals surface area (Å²) < 4.78 is 5.42. The summed E-state index contributed by atoms with van der Waals surface area (Å²) in [4.78, 5) is 0. The van der Waals surface area contributed by atoms with E-state index in [1.165, 1.54) is 39.0 Å². The van der Waals surface area contributed by atoms with Crippen LogP contribution in [0.15, 0.2) is 78.4 Å². The van der Waals surface area contributed by atoms with Crippen LogP contribution in [0.3, 0.4) is 0 Å². The van der Waals surface area contributed by atoms with Crippen molar-refractivity contribution < 1.29 is 4.74 Å². The van der Waals surface area contributed by atoms with Crippen molar-refractivity contribution in [3.05, 3.63) is 101 Å². The number of fused-ring (bicyclic) bond motifs is 1. The molecule has 124 valence electrons. The Bertz CT molecular complexity index is 922. The lowest BCUT2D eigenvalue weighted by atomic mass is 9.85. The summed E-state index contributed by atoms with van der Waals surface area (Å²) in [6.45, 7) is 2.89. The van der Waals surface area contributed by atoms with E-state index >= 15 is 0 Å². The molecule has 0 radical (unpaired) electrons. The maximum Gasteiger partial charge on any atom is 0.0716 e. The van der Waals surface area contributed by atoms with Gasteiger partial charge < -0.3 is 4.74 Å². The van der Waals surface area contributed by atoms with Gasteiger partial charge in [-0.3, -0.25) is 0 Å². The fourth-order valence-electron chi connectivity index (χ4n) is 3.94. The summed E-state index contributed by atoms with van der Waals surface area (Å²) >= 11 is 0. The van der Waals surface area contributed by atoms with Gasteiger partial charge in [-0.15, -0.1) is 0 Å². The molecule has 1 heteroatoms. The average Bonchev–Trinajstić information content (AvgIpc) is 2.99. The van der Waals surface area contributed by atoms with Gasteiger partial charge >= 0.3 is 0 Å². The van der Waals surface area contributed by atoms with Crippen LogP contribution in [0.4, 0.5) is 0 Å². The topological polar surface area (TPSA) is 9.23 Å². The molecule has 0 saturated heterocycles. The summed E-state index contributed by atoms with van der Waals surface area (Å²) in [5.41, 5.74) is 9.33. The highest BCUT2D eigenvalue weighted by Crippen LogP contribution is 2.45. The van der Waals surface area contributed by atoms with Gasteiger partial charge in [-0.1, -0.05) is 84.4 Å². The quantitative estimate of drug-likeness (QED) is 0.567. The largest absolute Gasteiger partial charge is 0.380 e. The van der Waals surface area contributed by atoms with Crippen molar-refractivity contribution >= 4 is 6.08 Å². The zero-order chi connectivity index (χ0) is 17.2. The van der Waals surface area contributed by atoms with E-state index in [-0.39, 0.29) is 0 Å². The first-order valence-corrected chi connectivity index (χ1v) is 8.73. The molecule has 3 aromatic carbocycles. The molecule has 1 aliphatic carbocycles. The number of rotatable bonds is 4. The molecule has 0 heterocycles. The Hall–Kier alpha value is -2.64. The fraction of sp³-hybridized carbons (Fsp3) is 0.167. The molecule has 0 spiro atoms. The second-order valence-corrected chi connectivity index (χ2v) is 6.63. The third kappa shape index (κ3) is 2.81. The van der Waals surface area contributed by atoms with Crippen molar-refractivity contribution in [2.75, 3.05) is 7.11 Å². The van der Waals surface area contributed by atoms with Crippen LogP contribution in [-0.2, 0) is 11.3 Å². The molecule has 0 aliphatic heterocycles. The molecule has 0 N–H and O–H groups in total. The minimum atomic E-state index is 0.310. The lowest BCUT2D eigenvalue weighted by Gasteiger charge is -2.19. The molecule has 0 bridgehead atoms. The summed E-state index contributed by atoms with van der Waals surface area (Å²) in [5.74, 6) is 0.310. The van der Waals surface area contributed by atoms with Crippen LogP contribution in [0.25, 0.3) is 17.2 Å². The van der Waals surface area contributed by atoms with Gasteiger partial charge in [0.05, 0.1) is 6.61 Å². The lowest BCUT2D eigenvalue weighted by Crippen LogP contribution is -2.05. The summed E-state index contributed by atoms with van der Waals surface area (Å²) in [6, 6.07) is 25.9. The molecule has 1 unspecified atom stereocenters. The van der Waals surface area contributed by atoms with Gasteiger partial charge in [0.2, 0.25) is 0 Å². The average molecular weight is 326 g/mol. The van der Waals surface area contributed by atoms with E-state index in [1.807, 2.05) is 0 Å². The number of ether oxygens (including phenoxy) is 1. The zero-order valence-electron chi connectivity index (χ0n) is 14.7. The van der Waals surface area contributed by atoms with Gasteiger partial charge in [-0.2, -0.15) is 0 Å². The number of hydrogen-bond acceptors (Lipinski definition) is 1. The molecule has 0 amide bonds. The summed E-state index contributed by atoms with van der Waals surface area (Å²) in [7, 11) is 1.76. The van der Waals surface area contributed by atoms with Gasteiger partial charge in [0, 0.05) is 13.0 Å². The maximum absolute atomic E-state index is 5.42. The van der Waals surface area contributed by atoms with E-state index in [0.717, 1.165) is 0 Å². The van der Waals surface area contributed by atoms with Gasteiger partial charge in [0.1, 0.15) is 0 Å². The van der Waals surface area contributed by atoms with Gasteiger partial charge in [0.15, 0.2) is 0 Å². The first-order valence-electron chi connectivity index (χ1n) is 8.73. The fourth-order valence-corrected chi connectivity index (χ4v) is 3.94. The Morgan fingerprint density at radius 3 is 2.32 bits per heavy atom. The minimum Gasteiger partial charge on any atom is -0.380 e. The van der Waals surface area contributed by atoms with Crippen LogP contribution in [0.5, 0.6) is 0 Å². The first-order chi connectivity index (χ1) is 12.3. The van der Waals surface area contributed by atoms with Crippen LogP contribution in [0, 0.1) is 0 Å². The maximum atomic E-state index is 5.42.